The van der Waals surface area contributed by atoms with E-state index in [1.165, 1.54) is 39.5 Å². The quantitative estimate of drug-likeness (QED) is 0.123. The molecule has 1 N–H and O–H groups in total. The molecule has 0 amide bonds. The molecule has 2 saturated carbocycles. The lowest BCUT2D eigenvalue weighted by molar-refractivity contribution is -0.278. The zero-order valence-corrected chi connectivity index (χ0v) is 23.0. The van der Waals surface area contributed by atoms with Crippen molar-refractivity contribution in [2.45, 2.75) is 51.7 Å². The topological polar surface area (TPSA) is 83.5 Å². The second-order valence-corrected chi connectivity index (χ2v) is 11.1. The van der Waals surface area contributed by atoms with Crippen molar-refractivity contribution in [1.82, 2.24) is 0 Å². The van der Waals surface area contributed by atoms with Crippen LogP contribution in [0.1, 0.15) is 56.2 Å². The fourth-order valence-corrected chi connectivity index (χ4v) is 3.72. The van der Waals surface area contributed by atoms with Crippen molar-refractivity contribution in [3.05, 3.63) is 83.4 Å². The second kappa shape index (κ2) is 12.5. The van der Waals surface area contributed by atoms with E-state index in [0.717, 1.165) is 47.3 Å². The Kier molecular flexibility index (Phi) is 8.60. The lowest BCUT2D eigenvalue weighted by Crippen LogP contribution is -2.35. The van der Waals surface area contributed by atoms with Gasteiger partial charge in [0.15, 0.2) is 5.75 Å². The number of benzene rings is 3. The van der Waals surface area contributed by atoms with Crippen molar-refractivity contribution < 1.29 is 33.9 Å². The summed E-state index contributed by atoms with van der Waals surface area (Å²) in [6.07, 6.45) is 9.13. The maximum absolute atomic E-state index is 11.2. The van der Waals surface area contributed by atoms with E-state index in [9.17, 15) is 4.79 Å². The van der Waals surface area contributed by atoms with Gasteiger partial charge in [-0.15, -0.1) is 0 Å². The Morgan fingerprint density at radius 2 is 1.30 bits per heavy atom. The molecule has 0 aliphatic heterocycles. The first kappa shape index (κ1) is 27.6. The first-order valence-electron chi connectivity index (χ1n) is 13.8. The van der Waals surface area contributed by atoms with E-state index < -0.39 is 11.6 Å². The molecule has 5 rings (SSSR count). The van der Waals surface area contributed by atoms with Crippen LogP contribution < -0.4 is 19.1 Å². The fraction of sp³-hybridized carbons (Fsp3) is 0.364. The monoisotopic (exact) mass is 544 g/mol. The summed E-state index contributed by atoms with van der Waals surface area (Å²) < 4.78 is 18.0. The third-order valence-corrected chi connectivity index (χ3v) is 6.81. The van der Waals surface area contributed by atoms with Gasteiger partial charge in [-0.05, 0) is 104 Å². The lowest BCUT2D eigenvalue weighted by atomic mass is 10.1. The molecular formula is C33H36O7. The normalized spacial score (nSPS) is 15.2. The Morgan fingerprint density at radius 1 is 0.750 bits per heavy atom. The molecular weight excluding hydrogens is 508 g/mol. The summed E-state index contributed by atoms with van der Waals surface area (Å²) in [5.74, 6) is 3.08. The Labute approximate surface area is 235 Å². The predicted molar refractivity (Wildman–Crippen MR) is 152 cm³/mol. The molecule has 0 atom stereocenters. The molecule has 2 aliphatic rings. The van der Waals surface area contributed by atoms with Crippen molar-refractivity contribution in [1.29, 1.82) is 0 Å². The fourth-order valence-electron chi connectivity index (χ4n) is 3.72. The number of hydrogen-bond donors (Lipinski definition) is 1. The Balaban J connectivity index is 1.20. The van der Waals surface area contributed by atoms with Crippen LogP contribution in [0.2, 0.25) is 0 Å². The first-order chi connectivity index (χ1) is 19.3. The van der Waals surface area contributed by atoms with Crippen LogP contribution in [0.15, 0.2) is 66.7 Å². The van der Waals surface area contributed by atoms with Gasteiger partial charge in [0.25, 0.3) is 0 Å². The molecule has 3 aromatic carbocycles. The van der Waals surface area contributed by atoms with Crippen LogP contribution in [0.4, 0.5) is 0 Å². The van der Waals surface area contributed by atoms with Crippen LogP contribution in [0.3, 0.4) is 0 Å². The van der Waals surface area contributed by atoms with Gasteiger partial charge in [-0.25, -0.2) is 4.79 Å². The van der Waals surface area contributed by atoms with E-state index >= 15 is 0 Å². The Bertz CT molecular complexity index is 1300. The molecule has 40 heavy (non-hydrogen) atoms. The Hall–Kier alpha value is -3.97. The molecule has 3 aromatic rings. The average molecular weight is 545 g/mol. The summed E-state index contributed by atoms with van der Waals surface area (Å²) in [5.41, 5.74) is 1.55. The first-order valence-corrected chi connectivity index (χ1v) is 13.8. The van der Waals surface area contributed by atoms with Crippen LogP contribution in [-0.2, 0) is 16.3 Å². The van der Waals surface area contributed by atoms with Crippen LogP contribution in [0.25, 0.3) is 12.2 Å². The van der Waals surface area contributed by atoms with Crippen LogP contribution in [-0.4, -0.2) is 29.9 Å². The van der Waals surface area contributed by atoms with E-state index in [2.05, 4.69) is 24.3 Å². The summed E-state index contributed by atoms with van der Waals surface area (Å²) in [4.78, 5) is 21.4. The third kappa shape index (κ3) is 8.52. The highest BCUT2D eigenvalue weighted by molar-refractivity contribution is 5.76. The van der Waals surface area contributed by atoms with Gasteiger partial charge in [-0.3, -0.25) is 0 Å². The maximum atomic E-state index is 11.2. The van der Waals surface area contributed by atoms with Crippen molar-refractivity contribution in [3.63, 3.8) is 0 Å². The van der Waals surface area contributed by atoms with Gasteiger partial charge in [-0.1, -0.05) is 36.4 Å². The molecule has 7 nitrogen and oxygen atoms in total. The van der Waals surface area contributed by atoms with Crippen LogP contribution in [0.5, 0.6) is 23.0 Å². The van der Waals surface area contributed by atoms with Crippen LogP contribution in [0, 0.1) is 11.8 Å². The molecule has 0 unspecified atom stereocenters. The summed E-state index contributed by atoms with van der Waals surface area (Å²) in [6.45, 7) is 4.72. The number of ether oxygens (including phenoxy) is 3. The van der Waals surface area contributed by atoms with Crippen molar-refractivity contribution in [2.75, 3.05) is 13.2 Å². The molecule has 0 aromatic heterocycles. The number of aliphatic carboxylic acids is 1. The van der Waals surface area contributed by atoms with Crippen molar-refractivity contribution in [2.24, 2.45) is 11.8 Å². The Morgan fingerprint density at radius 3 is 1.90 bits per heavy atom. The van der Waals surface area contributed by atoms with Crippen molar-refractivity contribution in [3.8, 4) is 23.0 Å². The lowest BCUT2D eigenvalue weighted by Gasteiger charge is -2.18. The molecule has 2 fully saturated rings. The van der Waals surface area contributed by atoms with Gasteiger partial charge in [0.05, 0.1) is 13.2 Å². The van der Waals surface area contributed by atoms with E-state index in [4.69, 9.17) is 29.1 Å². The highest BCUT2D eigenvalue weighted by atomic mass is 17.2. The van der Waals surface area contributed by atoms with Gasteiger partial charge in [0, 0.05) is 6.07 Å². The number of carboxylic acids is 1. The van der Waals surface area contributed by atoms with Gasteiger partial charge in [-0.2, -0.15) is 4.89 Å². The molecule has 7 heteroatoms. The SMILES string of the molecule is CC(C)(OOc1ccc(COc2cc(/C=C/c3ccc(OCC4CC4)cc3)cc(OCC3CC3)c2)cc1)C(=O)O. The summed E-state index contributed by atoms with van der Waals surface area (Å²) in [6, 6.07) is 21.2. The van der Waals surface area contributed by atoms with Crippen LogP contribution >= 0.6 is 0 Å². The molecule has 0 saturated heterocycles. The average Bonchev–Trinajstić information content (AvgIpc) is 3.88. The van der Waals surface area contributed by atoms with Gasteiger partial charge in [0.2, 0.25) is 5.60 Å². The number of carbonyl (C=O) groups is 1. The zero-order chi connectivity index (χ0) is 28.0. The molecule has 2 aliphatic carbocycles. The minimum absolute atomic E-state index is 0.347. The second-order valence-electron chi connectivity index (χ2n) is 11.1. The molecule has 0 heterocycles. The van der Waals surface area contributed by atoms with Gasteiger partial charge >= 0.3 is 5.97 Å². The number of hydrogen-bond acceptors (Lipinski definition) is 6. The van der Waals surface area contributed by atoms with Gasteiger partial charge in [0.1, 0.15) is 23.9 Å². The third-order valence-electron chi connectivity index (χ3n) is 6.81. The number of carboxylic acid groups (broad SMARTS) is 1. The molecule has 0 bridgehead atoms. The van der Waals surface area contributed by atoms with Gasteiger partial charge < -0.3 is 24.2 Å². The number of rotatable bonds is 15. The molecule has 0 spiro atoms. The molecule has 0 radical (unpaired) electrons. The highest BCUT2D eigenvalue weighted by Crippen LogP contribution is 2.32. The smallest absolute Gasteiger partial charge is 0.339 e. The van der Waals surface area contributed by atoms with E-state index in [1.54, 1.807) is 12.1 Å². The van der Waals surface area contributed by atoms with Crippen molar-refractivity contribution >= 4 is 18.1 Å². The summed E-state index contributed by atoms with van der Waals surface area (Å²) in [5, 5.41) is 9.14. The van der Waals surface area contributed by atoms with E-state index in [-0.39, 0.29) is 0 Å². The predicted octanol–water partition coefficient (Wildman–Crippen LogP) is 7.19. The van der Waals surface area contributed by atoms with E-state index in [0.29, 0.717) is 24.0 Å². The minimum Gasteiger partial charge on any atom is -0.493 e. The highest BCUT2D eigenvalue weighted by Gasteiger charge is 2.30. The standard InChI is InChI=1S/C33H36O7/c1-33(2,32(34)35)40-39-29-15-11-26(12-16-29)22-38-31-18-27(17-30(19-31)37-21-25-6-7-25)8-3-23-9-13-28(14-10-23)36-20-24-4-5-24/h3,8-19,24-25H,4-7,20-22H2,1-2H3,(H,34,35)/b8-3+. The summed E-state index contributed by atoms with van der Waals surface area (Å²) >= 11 is 0. The molecule has 210 valence electrons. The largest absolute Gasteiger partial charge is 0.493 e. The van der Waals surface area contributed by atoms with E-state index in [1.807, 2.05) is 42.5 Å². The maximum Gasteiger partial charge on any atom is 0.339 e. The zero-order valence-electron chi connectivity index (χ0n) is 23.0. The summed E-state index contributed by atoms with van der Waals surface area (Å²) in [7, 11) is 0. The minimum atomic E-state index is -1.45.